The zero-order chi connectivity index (χ0) is 20.9. The number of para-hydroxylation sites is 1. The average molecular weight is 445 g/mol. The van der Waals surface area contributed by atoms with Gasteiger partial charge in [-0.15, -0.1) is 0 Å². The molecule has 0 radical (unpaired) electrons. The minimum atomic E-state index is -0.427. The molecule has 31 heavy (non-hydrogen) atoms. The van der Waals surface area contributed by atoms with Crippen molar-refractivity contribution in [1.29, 1.82) is 0 Å². The van der Waals surface area contributed by atoms with Gasteiger partial charge in [-0.1, -0.05) is 41.1 Å². The molecule has 0 unspecified atom stereocenters. The molecule has 0 bridgehead atoms. The Hall–Kier alpha value is -3.61. The van der Waals surface area contributed by atoms with E-state index in [-0.39, 0.29) is 0 Å². The molecule has 0 saturated carbocycles. The summed E-state index contributed by atoms with van der Waals surface area (Å²) < 4.78 is 14.4. The Morgan fingerprint density at radius 2 is 1.84 bits per heavy atom. The van der Waals surface area contributed by atoms with Gasteiger partial charge in [-0.2, -0.15) is 0 Å². The van der Waals surface area contributed by atoms with Crippen LogP contribution in [0.1, 0.15) is 0 Å². The number of rotatable bonds is 3. The largest absolute Gasteiger partial charge is 0.457 e. The predicted octanol–water partition coefficient (Wildman–Crippen LogP) is 6.77. The smallest absolute Gasteiger partial charge is 0.345 e. The van der Waals surface area contributed by atoms with Gasteiger partial charge in [0, 0.05) is 22.7 Å². The van der Waals surface area contributed by atoms with Crippen LogP contribution in [0.3, 0.4) is 0 Å². The van der Waals surface area contributed by atoms with Crippen molar-refractivity contribution in [3.63, 3.8) is 0 Å². The molecule has 0 aliphatic heterocycles. The summed E-state index contributed by atoms with van der Waals surface area (Å²) in [6.07, 6.45) is 1.86. The molecule has 6 aromatic rings. The van der Waals surface area contributed by atoms with Gasteiger partial charge in [0.25, 0.3) is 0 Å². The molecule has 6 rings (SSSR count). The first kappa shape index (κ1) is 18.2. The van der Waals surface area contributed by atoms with Crippen LogP contribution in [0.5, 0.6) is 11.5 Å². The van der Waals surface area contributed by atoms with Crippen LogP contribution < -0.4 is 10.4 Å². The van der Waals surface area contributed by atoms with Gasteiger partial charge >= 0.3 is 5.63 Å². The van der Waals surface area contributed by atoms with Gasteiger partial charge in [0.1, 0.15) is 17.1 Å². The number of aromatic nitrogens is 2. The molecule has 5 nitrogen and oxygen atoms in total. The lowest BCUT2D eigenvalue weighted by atomic mass is 10.1. The van der Waals surface area contributed by atoms with Gasteiger partial charge in [0.15, 0.2) is 4.96 Å². The van der Waals surface area contributed by atoms with Crippen LogP contribution in [-0.2, 0) is 0 Å². The molecule has 0 aliphatic rings. The summed E-state index contributed by atoms with van der Waals surface area (Å²) in [7, 11) is 0. The molecule has 0 N–H and O–H groups in total. The highest BCUT2D eigenvalue weighted by Crippen LogP contribution is 2.33. The summed E-state index contributed by atoms with van der Waals surface area (Å²) in [6, 6.07) is 22.5. The van der Waals surface area contributed by atoms with Gasteiger partial charge in [0.2, 0.25) is 0 Å². The summed E-state index contributed by atoms with van der Waals surface area (Å²) in [4.78, 5) is 18.0. The van der Waals surface area contributed by atoms with Crippen LogP contribution in [0.15, 0.2) is 88.2 Å². The SMILES string of the molecule is O=c1oc2ccc(Cl)cc2cc1-c1cn2c(n1)sc1cc(Oc3ccccc3)ccc12. The lowest BCUT2D eigenvalue weighted by Gasteiger charge is -2.05. The van der Waals surface area contributed by atoms with E-state index >= 15 is 0 Å². The van der Waals surface area contributed by atoms with Crippen LogP contribution in [0.4, 0.5) is 0 Å². The van der Waals surface area contributed by atoms with Crippen molar-refractivity contribution in [2.75, 3.05) is 0 Å². The molecule has 0 spiro atoms. The summed E-state index contributed by atoms with van der Waals surface area (Å²) in [6.45, 7) is 0. The van der Waals surface area contributed by atoms with Gasteiger partial charge in [-0.25, -0.2) is 9.78 Å². The zero-order valence-corrected chi connectivity index (χ0v) is 17.5. The molecule has 3 aromatic heterocycles. The Bertz CT molecular complexity index is 1650. The van der Waals surface area contributed by atoms with E-state index < -0.39 is 5.63 Å². The first-order valence-electron chi connectivity index (χ1n) is 9.52. The summed E-state index contributed by atoms with van der Waals surface area (Å²) >= 11 is 7.62. The molecule has 0 saturated heterocycles. The number of nitrogens with zero attached hydrogens (tertiary/aromatic N) is 2. The number of hydrogen-bond donors (Lipinski definition) is 0. The van der Waals surface area contributed by atoms with E-state index in [0.717, 1.165) is 32.1 Å². The lowest BCUT2D eigenvalue weighted by Crippen LogP contribution is -2.02. The van der Waals surface area contributed by atoms with Crippen molar-refractivity contribution >= 4 is 49.1 Å². The number of benzene rings is 3. The summed E-state index contributed by atoms with van der Waals surface area (Å²) in [5, 5.41) is 1.34. The van der Waals surface area contributed by atoms with Crippen molar-refractivity contribution in [3.05, 3.63) is 94.4 Å². The van der Waals surface area contributed by atoms with E-state index in [2.05, 4.69) is 4.98 Å². The van der Waals surface area contributed by atoms with Crippen LogP contribution >= 0.6 is 22.9 Å². The van der Waals surface area contributed by atoms with Gasteiger partial charge < -0.3 is 9.15 Å². The molecule has 0 fully saturated rings. The number of fused-ring (bicyclic) bond motifs is 4. The third-order valence-corrected chi connectivity index (χ3v) is 6.27. The highest BCUT2D eigenvalue weighted by molar-refractivity contribution is 7.23. The second-order valence-electron chi connectivity index (χ2n) is 7.06. The van der Waals surface area contributed by atoms with Crippen LogP contribution in [-0.4, -0.2) is 9.38 Å². The molecular formula is C24H13ClN2O3S. The molecule has 0 aliphatic carbocycles. The highest BCUT2D eigenvalue weighted by Gasteiger charge is 2.15. The predicted molar refractivity (Wildman–Crippen MR) is 124 cm³/mol. The van der Waals surface area contributed by atoms with Crippen molar-refractivity contribution < 1.29 is 9.15 Å². The minimum Gasteiger partial charge on any atom is -0.457 e. The summed E-state index contributed by atoms with van der Waals surface area (Å²) in [5.74, 6) is 1.55. The van der Waals surface area contributed by atoms with E-state index in [9.17, 15) is 4.79 Å². The Labute approximate surface area is 184 Å². The first-order valence-corrected chi connectivity index (χ1v) is 10.7. The quantitative estimate of drug-likeness (QED) is 0.283. The minimum absolute atomic E-state index is 0.405. The summed E-state index contributed by atoms with van der Waals surface area (Å²) in [5.41, 5.74) is 2.03. The fourth-order valence-electron chi connectivity index (χ4n) is 3.57. The number of hydrogen-bond acceptors (Lipinski definition) is 5. The van der Waals surface area contributed by atoms with Gasteiger partial charge in [-0.3, -0.25) is 4.40 Å². The molecular weight excluding hydrogens is 432 g/mol. The molecule has 7 heteroatoms. The van der Waals surface area contributed by atoms with Crippen LogP contribution in [0.25, 0.3) is 37.4 Å². The topological polar surface area (TPSA) is 56.7 Å². The Kier molecular flexibility index (Phi) is 4.09. The Morgan fingerprint density at radius 1 is 0.968 bits per heavy atom. The van der Waals surface area contributed by atoms with E-state index in [1.165, 1.54) is 11.3 Å². The van der Waals surface area contributed by atoms with Crippen LogP contribution in [0, 0.1) is 0 Å². The van der Waals surface area contributed by atoms with Gasteiger partial charge in [-0.05, 0) is 48.5 Å². The second kappa shape index (κ2) is 6.97. The number of imidazole rings is 1. The third-order valence-electron chi connectivity index (χ3n) is 5.01. The molecule has 3 aromatic carbocycles. The number of halogens is 1. The molecule has 0 amide bonds. The number of thiazole rings is 1. The maximum absolute atomic E-state index is 12.5. The standard InChI is InChI=1S/C24H13ClN2O3S/c25-15-6-9-21-14(10-15)11-18(23(28)30-21)19-13-27-20-8-7-17(12-22(20)31-24(27)26-19)29-16-4-2-1-3-5-16/h1-13H. The highest BCUT2D eigenvalue weighted by atomic mass is 35.5. The molecule has 3 heterocycles. The zero-order valence-electron chi connectivity index (χ0n) is 15.9. The van der Waals surface area contributed by atoms with Crippen LogP contribution in [0.2, 0.25) is 5.02 Å². The Balaban J connectivity index is 1.43. The maximum atomic E-state index is 12.5. The van der Waals surface area contributed by atoms with Crippen molar-refractivity contribution in [3.8, 4) is 22.8 Å². The fourth-order valence-corrected chi connectivity index (χ4v) is 4.79. The van der Waals surface area contributed by atoms with Gasteiger partial charge in [0.05, 0.1) is 21.5 Å². The normalized spacial score (nSPS) is 11.5. The third kappa shape index (κ3) is 3.17. The van der Waals surface area contributed by atoms with E-state index in [4.69, 9.17) is 20.8 Å². The van der Waals surface area contributed by atoms with E-state index in [1.807, 2.05) is 59.1 Å². The number of ether oxygens (including phenoxy) is 1. The molecule has 150 valence electrons. The average Bonchev–Trinajstić information content (AvgIpc) is 3.32. The maximum Gasteiger partial charge on any atom is 0.345 e. The van der Waals surface area contributed by atoms with E-state index in [0.29, 0.717) is 21.9 Å². The van der Waals surface area contributed by atoms with E-state index in [1.54, 1.807) is 24.3 Å². The molecule has 0 atom stereocenters. The second-order valence-corrected chi connectivity index (χ2v) is 8.50. The van der Waals surface area contributed by atoms with Crippen molar-refractivity contribution in [2.45, 2.75) is 0 Å². The van der Waals surface area contributed by atoms with Crippen molar-refractivity contribution in [1.82, 2.24) is 9.38 Å². The monoisotopic (exact) mass is 444 g/mol. The van der Waals surface area contributed by atoms with Crippen molar-refractivity contribution in [2.24, 2.45) is 0 Å². The Morgan fingerprint density at radius 3 is 2.71 bits per heavy atom. The first-order chi connectivity index (χ1) is 15.1. The fraction of sp³-hybridized carbons (Fsp3) is 0. The lowest BCUT2D eigenvalue weighted by molar-refractivity contribution is 0.483.